The third-order valence-electron chi connectivity index (χ3n) is 1.97. The van der Waals surface area contributed by atoms with Gasteiger partial charge in [-0.3, -0.25) is 0 Å². The maximum Gasteiger partial charge on any atom is 0.431 e. The Labute approximate surface area is 82.5 Å². The molecular formula is C8H7F3N4. The van der Waals surface area contributed by atoms with Crippen LogP contribution in [0.5, 0.6) is 0 Å². The molecule has 0 atom stereocenters. The summed E-state index contributed by atoms with van der Waals surface area (Å²) in [6.45, 7) is 0. The van der Waals surface area contributed by atoms with E-state index in [9.17, 15) is 13.2 Å². The first-order valence-corrected chi connectivity index (χ1v) is 4.11. The van der Waals surface area contributed by atoms with Crippen LogP contribution in [0.15, 0.2) is 12.4 Å². The highest BCUT2D eigenvalue weighted by molar-refractivity contribution is 5.87. The van der Waals surface area contributed by atoms with Crippen molar-refractivity contribution in [1.29, 1.82) is 0 Å². The van der Waals surface area contributed by atoms with Gasteiger partial charge in [0.05, 0.1) is 5.39 Å². The average Bonchev–Trinajstić information content (AvgIpc) is 2.59. The first kappa shape index (κ1) is 9.75. The van der Waals surface area contributed by atoms with Crippen LogP contribution in [0.2, 0.25) is 0 Å². The lowest BCUT2D eigenvalue weighted by atomic mass is 10.3. The van der Waals surface area contributed by atoms with E-state index < -0.39 is 11.9 Å². The predicted molar refractivity (Wildman–Crippen MR) is 48.4 cm³/mol. The fourth-order valence-electron chi connectivity index (χ4n) is 1.29. The van der Waals surface area contributed by atoms with Crippen LogP contribution >= 0.6 is 0 Å². The summed E-state index contributed by atoms with van der Waals surface area (Å²) >= 11 is 0. The molecule has 80 valence electrons. The molecule has 15 heavy (non-hydrogen) atoms. The lowest BCUT2D eigenvalue weighted by Crippen LogP contribution is -2.04. The molecule has 2 heterocycles. The van der Waals surface area contributed by atoms with Crippen molar-refractivity contribution >= 4 is 16.9 Å². The van der Waals surface area contributed by atoms with Crippen molar-refractivity contribution in [2.75, 3.05) is 12.4 Å². The second-order valence-electron chi connectivity index (χ2n) is 2.92. The number of H-pyrrole nitrogens is 1. The number of aromatic amines is 1. The summed E-state index contributed by atoms with van der Waals surface area (Å²) in [5.41, 5.74) is -0.656. The van der Waals surface area contributed by atoms with Crippen LogP contribution in [0, 0.1) is 0 Å². The van der Waals surface area contributed by atoms with Gasteiger partial charge in [0, 0.05) is 7.05 Å². The fourth-order valence-corrected chi connectivity index (χ4v) is 1.29. The van der Waals surface area contributed by atoms with Gasteiger partial charge in [-0.25, -0.2) is 9.97 Å². The molecule has 0 aromatic carbocycles. The maximum atomic E-state index is 12.4. The highest BCUT2D eigenvalue weighted by Crippen LogP contribution is 2.31. The summed E-state index contributed by atoms with van der Waals surface area (Å²) < 4.78 is 37.1. The summed E-state index contributed by atoms with van der Waals surface area (Å²) in [5, 5.41) is 3.02. The van der Waals surface area contributed by atoms with Crippen molar-refractivity contribution in [3.8, 4) is 0 Å². The van der Waals surface area contributed by atoms with Gasteiger partial charge in [0.1, 0.15) is 23.5 Å². The summed E-state index contributed by atoms with van der Waals surface area (Å²) in [7, 11) is 1.59. The highest BCUT2D eigenvalue weighted by Gasteiger charge is 2.33. The molecule has 0 amide bonds. The Morgan fingerprint density at radius 1 is 1.33 bits per heavy atom. The van der Waals surface area contributed by atoms with E-state index in [0.29, 0.717) is 11.2 Å². The number of rotatable bonds is 1. The molecule has 2 N–H and O–H groups in total. The van der Waals surface area contributed by atoms with E-state index in [2.05, 4.69) is 20.3 Å². The fraction of sp³-hybridized carbons (Fsp3) is 0.250. The molecule has 0 aliphatic carbocycles. The Kier molecular flexibility index (Phi) is 2.02. The van der Waals surface area contributed by atoms with Crippen LogP contribution in [0.25, 0.3) is 11.0 Å². The van der Waals surface area contributed by atoms with E-state index >= 15 is 0 Å². The molecule has 0 radical (unpaired) electrons. The topological polar surface area (TPSA) is 53.6 Å². The number of nitrogens with zero attached hydrogens (tertiary/aromatic N) is 2. The summed E-state index contributed by atoms with van der Waals surface area (Å²) in [6, 6.07) is 0.987. The normalized spacial score (nSPS) is 12.0. The van der Waals surface area contributed by atoms with Crippen molar-refractivity contribution in [2.24, 2.45) is 0 Å². The SMILES string of the molecule is CNc1ncnc2[nH]c(C(F)(F)F)cc12. The van der Waals surface area contributed by atoms with Gasteiger partial charge in [0.15, 0.2) is 0 Å². The third kappa shape index (κ3) is 1.60. The first-order chi connectivity index (χ1) is 7.02. The molecule has 4 nitrogen and oxygen atoms in total. The van der Waals surface area contributed by atoms with Gasteiger partial charge in [0.2, 0.25) is 0 Å². The molecule has 2 rings (SSSR count). The Morgan fingerprint density at radius 3 is 2.67 bits per heavy atom. The van der Waals surface area contributed by atoms with Crippen molar-refractivity contribution in [1.82, 2.24) is 15.0 Å². The smallest absolute Gasteiger partial charge is 0.372 e. The molecule has 0 unspecified atom stereocenters. The number of halogens is 3. The molecular weight excluding hydrogens is 209 g/mol. The second kappa shape index (κ2) is 3.11. The number of hydrogen-bond donors (Lipinski definition) is 2. The number of aromatic nitrogens is 3. The molecule has 0 aliphatic rings. The number of nitrogens with one attached hydrogen (secondary N) is 2. The summed E-state index contributed by atoms with van der Waals surface area (Å²) in [4.78, 5) is 9.72. The minimum atomic E-state index is -4.40. The van der Waals surface area contributed by atoms with Crippen LogP contribution in [-0.2, 0) is 6.18 Å². The standard InChI is InChI=1S/C8H7F3N4/c1-12-6-4-2-5(8(9,10)11)15-7(4)14-3-13-6/h2-3H,1H3,(H2,12,13,14,15). The Morgan fingerprint density at radius 2 is 2.07 bits per heavy atom. The Hall–Kier alpha value is -1.79. The minimum absolute atomic E-state index is 0.168. The van der Waals surface area contributed by atoms with Gasteiger partial charge in [-0.1, -0.05) is 0 Å². The first-order valence-electron chi connectivity index (χ1n) is 4.11. The van der Waals surface area contributed by atoms with Crippen LogP contribution in [0.3, 0.4) is 0 Å². The number of alkyl halides is 3. The van der Waals surface area contributed by atoms with E-state index in [1.165, 1.54) is 6.33 Å². The van der Waals surface area contributed by atoms with Crippen molar-refractivity contribution in [3.05, 3.63) is 18.1 Å². The zero-order valence-electron chi connectivity index (χ0n) is 7.68. The number of hydrogen-bond acceptors (Lipinski definition) is 3. The van der Waals surface area contributed by atoms with E-state index in [4.69, 9.17) is 0 Å². The van der Waals surface area contributed by atoms with Gasteiger partial charge in [-0.15, -0.1) is 0 Å². The summed E-state index contributed by atoms with van der Waals surface area (Å²) in [6.07, 6.45) is -3.20. The highest BCUT2D eigenvalue weighted by atomic mass is 19.4. The molecule has 0 bridgehead atoms. The average molecular weight is 216 g/mol. The quantitative estimate of drug-likeness (QED) is 0.766. The zero-order chi connectivity index (χ0) is 11.1. The minimum Gasteiger partial charge on any atom is -0.372 e. The summed E-state index contributed by atoms with van der Waals surface area (Å²) in [5.74, 6) is 0.367. The van der Waals surface area contributed by atoms with Crippen molar-refractivity contribution < 1.29 is 13.2 Å². The van der Waals surface area contributed by atoms with E-state index in [1.807, 2.05) is 0 Å². The molecule has 0 saturated heterocycles. The number of fused-ring (bicyclic) bond motifs is 1. The van der Waals surface area contributed by atoms with E-state index in [-0.39, 0.29) is 5.65 Å². The number of anilines is 1. The third-order valence-corrected chi connectivity index (χ3v) is 1.97. The monoisotopic (exact) mass is 216 g/mol. The van der Waals surface area contributed by atoms with E-state index in [1.54, 1.807) is 7.05 Å². The predicted octanol–water partition coefficient (Wildman–Crippen LogP) is 2.02. The zero-order valence-corrected chi connectivity index (χ0v) is 7.68. The Bertz CT molecular complexity index is 488. The molecule has 0 fully saturated rings. The molecule has 0 spiro atoms. The van der Waals surface area contributed by atoms with Crippen LogP contribution in [-0.4, -0.2) is 22.0 Å². The molecule has 2 aromatic rings. The van der Waals surface area contributed by atoms with Crippen LogP contribution in [0.1, 0.15) is 5.69 Å². The van der Waals surface area contributed by atoms with Crippen LogP contribution < -0.4 is 5.32 Å². The molecule has 7 heteroatoms. The van der Waals surface area contributed by atoms with Gasteiger partial charge in [0.25, 0.3) is 0 Å². The molecule has 0 saturated carbocycles. The van der Waals surface area contributed by atoms with Crippen molar-refractivity contribution in [2.45, 2.75) is 6.18 Å². The lowest BCUT2D eigenvalue weighted by Gasteiger charge is -2.00. The van der Waals surface area contributed by atoms with E-state index in [0.717, 1.165) is 6.07 Å². The lowest BCUT2D eigenvalue weighted by molar-refractivity contribution is -0.140. The van der Waals surface area contributed by atoms with Gasteiger partial charge in [-0.2, -0.15) is 13.2 Å². The van der Waals surface area contributed by atoms with Crippen LogP contribution in [0.4, 0.5) is 19.0 Å². The molecule has 0 aliphatic heterocycles. The van der Waals surface area contributed by atoms with Gasteiger partial charge < -0.3 is 10.3 Å². The largest absolute Gasteiger partial charge is 0.431 e. The van der Waals surface area contributed by atoms with Gasteiger partial charge >= 0.3 is 6.18 Å². The van der Waals surface area contributed by atoms with Crippen molar-refractivity contribution in [3.63, 3.8) is 0 Å². The Balaban J connectivity index is 2.65. The second-order valence-corrected chi connectivity index (χ2v) is 2.92. The van der Waals surface area contributed by atoms with Gasteiger partial charge in [-0.05, 0) is 6.07 Å². The maximum absolute atomic E-state index is 12.4. The molecule has 2 aromatic heterocycles.